The Bertz CT molecular complexity index is 498. The lowest BCUT2D eigenvalue weighted by Gasteiger charge is -2.46. The van der Waals surface area contributed by atoms with Crippen LogP contribution in [-0.2, 0) is 0 Å². The summed E-state index contributed by atoms with van der Waals surface area (Å²) in [4.78, 5) is 4.77. The number of nitrogens with two attached hydrogens (primary N) is 1. The minimum Gasteiger partial charge on any atom is -0.384 e. The highest BCUT2D eigenvalue weighted by Gasteiger charge is 2.31. The van der Waals surface area contributed by atoms with Gasteiger partial charge in [-0.3, -0.25) is 10.3 Å². The highest BCUT2D eigenvalue weighted by Crippen LogP contribution is 2.31. The summed E-state index contributed by atoms with van der Waals surface area (Å²) in [6.07, 6.45) is 0. The molecule has 1 aromatic rings. The van der Waals surface area contributed by atoms with Gasteiger partial charge in [-0.2, -0.15) is 0 Å². The van der Waals surface area contributed by atoms with Gasteiger partial charge < -0.3 is 10.6 Å². The van der Waals surface area contributed by atoms with Gasteiger partial charge in [0.1, 0.15) is 5.84 Å². The number of piperazine rings is 1. The van der Waals surface area contributed by atoms with Crippen molar-refractivity contribution in [1.82, 2.24) is 4.90 Å². The van der Waals surface area contributed by atoms with E-state index in [1.807, 2.05) is 18.2 Å². The molecule has 5 heteroatoms. The van der Waals surface area contributed by atoms with Crippen LogP contribution in [0.5, 0.6) is 0 Å². The van der Waals surface area contributed by atoms with E-state index in [1.54, 1.807) is 0 Å². The lowest BCUT2D eigenvalue weighted by molar-refractivity contribution is 0.139. The average molecular weight is 325 g/mol. The van der Waals surface area contributed by atoms with Crippen LogP contribution in [-0.4, -0.2) is 43.0 Å². The van der Waals surface area contributed by atoms with Crippen LogP contribution in [0.2, 0.25) is 0 Å². The van der Waals surface area contributed by atoms with Crippen molar-refractivity contribution < 1.29 is 0 Å². The van der Waals surface area contributed by atoms with E-state index in [0.717, 1.165) is 29.7 Å². The summed E-state index contributed by atoms with van der Waals surface area (Å²) in [5, 5.41) is 7.47. The molecule has 0 saturated carbocycles. The number of likely N-dealkylation sites (N-methyl/N-ethyl adjacent to an activating group) is 1. The molecule has 0 spiro atoms. The standard InChI is InChI=1S/C14H21BrN4/c1-14(2)9-19(7-6-18(14)3)12-5-4-10(13(16)17)8-11(12)15/h4-5,8H,6-7,9H2,1-3H3,(H3,16,17). The number of halogens is 1. The maximum absolute atomic E-state index is 7.47. The second kappa shape index (κ2) is 5.13. The molecule has 0 radical (unpaired) electrons. The monoisotopic (exact) mass is 324 g/mol. The van der Waals surface area contributed by atoms with Crippen molar-refractivity contribution in [2.75, 3.05) is 31.6 Å². The summed E-state index contributed by atoms with van der Waals surface area (Å²) >= 11 is 3.60. The van der Waals surface area contributed by atoms with Crippen LogP contribution < -0.4 is 10.6 Å². The molecule has 0 aromatic heterocycles. The van der Waals surface area contributed by atoms with E-state index < -0.39 is 0 Å². The largest absolute Gasteiger partial charge is 0.384 e. The van der Waals surface area contributed by atoms with E-state index in [1.165, 1.54) is 5.69 Å². The predicted molar refractivity (Wildman–Crippen MR) is 84.1 cm³/mol. The molecule has 104 valence electrons. The Morgan fingerprint density at radius 1 is 1.37 bits per heavy atom. The summed E-state index contributed by atoms with van der Waals surface area (Å²) in [5.74, 6) is 0.103. The lowest BCUT2D eigenvalue weighted by atomic mass is 9.99. The van der Waals surface area contributed by atoms with Gasteiger partial charge in [0.2, 0.25) is 0 Å². The number of hydrogen-bond donors (Lipinski definition) is 2. The van der Waals surface area contributed by atoms with Crippen LogP contribution in [0.25, 0.3) is 0 Å². The number of anilines is 1. The first-order valence-corrected chi connectivity index (χ1v) is 7.21. The molecule has 0 bridgehead atoms. The van der Waals surface area contributed by atoms with Gasteiger partial charge in [0.15, 0.2) is 0 Å². The highest BCUT2D eigenvalue weighted by atomic mass is 79.9. The minimum atomic E-state index is 0.103. The first-order chi connectivity index (χ1) is 8.81. The summed E-state index contributed by atoms with van der Waals surface area (Å²) in [6, 6.07) is 5.87. The van der Waals surface area contributed by atoms with Gasteiger partial charge in [0, 0.05) is 35.2 Å². The van der Waals surface area contributed by atoms with E-state index in [4.69, 9.17) is 11.1 Å². The normalized spacial score (nSPS) is 19.5. The summed E-state index contributed by atoms with van der Waals surface area (Å²) in [5.41, 5.74) is 7.60. The number of nitrogen functional groups attached to an aromatic ring is 1. The molecule has 1 heterocycles. The summed E-state index contributed by atoms with van der Waals surface area (Å²) in [7, 11) is 2.17. The molecule has 1 fully saturated rings. The Labute approximate surface area is 123 Å². The quantitative estimate of drug-likeness (QED) is 0.648. The van der Waals surface area contributed by atoms with E-state index in [2.05, 4.69) is 46.6 Å². The molecule has 4 nitrogen and oxygen atoms in total. The third-order valence-corrected chi connectivity index (χ3v) is 4.55. The maximum Gasteiger partial charge on any atom is 0.122 e. The predicted octanol–water partition coefficient (Wildman–Crippen LogP) is 2.26. The fourth-order valence-corrected chi connectivity index (χ4v) is 3.01. The van der Waals surface area contributed by atoms with Gasteiger partial charge in [-0.25, -0.2) is 0 Å². The first kappa shape index (κ1) is 14.3. The van der Waals surface area contributed by atoms with E-state index in [9.17, 15) is 0 Å². The van der Waals surface area contributed by atoms with Crippen LogP contribution in [0.1, 0.15) is 19.4 Å². The smallest absolute Gasteiger partial charge is 0.122 e. The molecule has 0 amide bonds. The van der Waals surface area contributed by atoms with Gasteiger partial charge in [-0.15, -0.1) is 0 Å². The molecule has 0 atom stereocenters. The van der Waals surface area contributed by atoms with E-state index in [0.29, 0.717) is 0 Å². The molecule has 0 aliphatic carbocycles. The van der Waals surface area contributed by atoms with Crippen molar-refractivity contribution in [3.8, 4) is 0 Å². The molecule has 0 unspecified atom stereocenters. The zero-order valence-electron chi connectivity index (χ0n) is 11.7. The Hall–Kier alpha value is -1.07. The van der Waals surface area contributed by atoms with Gasteiger partial charge in [0.05, 0.1) is 5.69 Å². The lowest BCUT2D eigenvalue weighted by Crippen LogP contribution is -2.57. The molecule has 1 aliphatic rings. The van der Waals surface area contributed by atoms with Crippen molar-refractivity contribution in [3.05, 3.63) is 28.2 Å². The van der Waals surface area contributed by atoms with Crippen molar-refractivity contribution in [3.63, 3.8) is 0 Å². The number of hydrogen-bond acceptors (Lipinski definition) is 3. The Balaban J connectivity index is 2.26. The molecule has 2 rings (SSSR count). The number of benzene rings is 1. The summed E-state index contributed by atoms with van der Waals surface area (Å²) in [6.45, 7) is 7.57. The average Bonchev–Trinajstić information content (AvgIpc) is 2.32. The van der Waals surface area contributed by atoms with Crippen LogP contribution in [0, 0.1) is 5.41 Å². The topological polar surface area (TPSA) is 56.4 Å². The van der Waals surface area contributed by atoms with Gasteiger partial charge in [0.25, 0.3) is 0 Å². The number of amidine groups is 1. The Kier molecular flexibility index (Phi) is 3.87. The zero-order chi connectivity index (χ0) is 14.2. The van der Waals surface area contributed by atoms with Crippen molar-refractivity contribution in [2.24, 2.45) is 5.73 Å². The number of nitrogens with zero attached hydrogens (tertiary/aromatic N) is 2. The van der Waals surface area contributed by atoms with Gasteiger partial charge in [-0.05, 0) is 55.0 Å². The van der Waals surface area contributed by atoms with Gasteiger partial charge in [-0.1, -0.05) is 0 Å². The second-order valence-corrected chi connectivity index (χ2v) is 6.59. The molecule has 1 saturated heterocycles. The van der Waals surface area contributed by atoms with Crippen molar-refractivity contribution in [2.45, 2.75) is 19.4 Å². The SMILES string of the molecule is CN1CCN(c2ccc(C(=N)N)cc2Br)CC1(C)C. The molecule has 1 aliphatic heterocycles. The fourth-order valence-electron chi connectivity index (χ4n) is 2.38. The highest BCUT2D eigenvalue weighted by molar-refractivity contribution is 9.10. The molecule has 1 aromatic carbocycles. The maximum atomic E-state index is 7.47. The molecule has 3 N–H and O–H groups in total. The van der Waals surface area contributed by atoms with Crippen LogP contribution in [0.4, 0.5) is 5.69 Å². The minimum absolute atomic E-state index is 0.103. The number of nitrogens with one attached hydrogen (secondary N) is 1. The third-order valence-electron chi connectivity index (χ3n) is 3.92. The van der Waals surface area contributed by atoms with Crippen LogP contribution in [0.15, 0.2) is 22.7 Å². The van der Waals surface area contributed by atoms with Crippen molar-refractivity contribution in [1.29, 1.82) is 5.41 Å². The van der Waals surface area contributed by atoms with Crippen LogP contribution >= 0.6 is 15.9 Å². The van der Waals surface area contributed by atoms with E-state index >= 15 is 0 Å². The third kappa shape index (κ3) is 2.92. The van der Waals surface area contributed by atoms with Crippen LogP contribution in [0.3, 0.4) is 0 Å². The van der Waals surface area contributed by atoms with Gasteiger partial charge >= 0.3 is 0 Å². The Morgan fingerprint density at radius 3 is 2.58 bits per heavy atom. The molecular weight excluding hydrogens is 304 g/mol. The zero-order valence-corrected chi connectivity index (χ0v) is 13.3. The second-order valence-electron chi connectivity index (χ2n) is 5.74. The first-order valence-electron chi connectivity index (χ1n) is 6.41. The molecule has 19 heavy (non-hydrogen) atoms. The fraction of sp³-hybridized carbons (Fsp3) is 0.500. The summed E-state index contributed by atoms with van der Waals surface area (Å²) < 4.78 is 1.00. The number of rotatable bonds is 2. The molecular formula is C14H21BrN4. The van der Waals surface area contributed by atoms with E-state index in [-0.39, 0.29) is 11.4 Å². The van der Waals surface area contributed by atoms with Crippen molar-refractivity contribution >= 4 is 27.5 Å². The Morgan fingerprint density at radius 2 is 2.05 bits per heavy atom.